The number of benzene rings is 1. The summed E-state index contributed by atoms with van der Waals surface area (Å²) in [6.07, 6.45) is 0. The molecule has 1 aromatic carbocycles. The lowest BCUT2D eigenvalue weighted by molar-refractivity contribution is 0.477. The first-order valence-electron chi connectivity index (χ1n) is 7.22. The van der Waals surface area contributed by atoms with E-state index in [4.69, 9.17) is 0 Å². The highest BCUT2D eigenvalue weighted by atomic mass is 32.2. The van der Waals surface area contributed by atoms with Crippen molar-refractivity contribution in [2.45, 2.75) is 20.4 Å². The van der Waals surface area contributed by atoms with Crippen molar-refractivity contribution in [1.29, 1.82) is 0 Å². The minimum atomic E-state index is -2.97. The molecule has 0 radical (unpaired) electrons. The molecule has 21 heavy (non-hydrogen) atoms. The molecule has 0 saturated carbocycles. The van der Waals surface area contributed by atoms with Crippen molar-refractivity contribution in [3.63, 3.8) is 0 Å². The van der Waals surface area contributed by atoms with Crippen LogP contribution in [0.2, 0.25) is 0 Å². The van der Waals surface area contributed by atoms with Gasteiger partial charge in [-0.25, -0.2) is 8.42 Å². The fourth-order valence-electron chi connectivity index (χ4n) is 1.84. The molecule has 1 N–H and O–H groups in total. The largest absolute Gasteiger partial charge is 0.357 e. The molecule has 0 aliphatic carbocycles. The molecule has 0 aromatic heterocycles. The first-order valence-corrected chi connectivity index (χ1v) is 9.04. The zero-order valence-corrected chi connectivity index (χ0v) is 13.9. The highest BCUT2D eigenvalue weighted by Gasteiger charge is 2.09. The second-order valence-electron chi connectivity index (χ2n) is 4.81. The average molecular weight is 311 g/mol. The third-order valence-corrected chi connectivity index (χ3v) is 4.75. The summed E-state index contributed by atoms with van der Waals surface area (Å²) in [6, 6.07) is 10.1. The van der Waals surface area contributed by atoms with Gasteiger partial charge >= 0.3 is 0 Å². The van der Waals surface area contributed by atoms with Gasteiger partial charge < -0.3 is 10.2 Å². The van der Waals surface area contributed by atoms with Crippen molar-refractivity contribution in [1.82, 2.24) is 10.2 Å². The molecule has 6 heteroatoms. The number of rotatable bonds is 7. The fraction of sp³-hybridized carbons (Fsp3) is 0.533. The first-order chi connectivity index (χ1) is 9.98. The SMILES string of the molecule is CCNC(=NCCS(=O)(=O)CC)N(C)Cc1ccccc1. The molecule has 118 valence electrons. The molecule has 0 fully saturated rings. The minimum absolute atomic E-state index is 0.0948. The Morgan fingerprint density at radius 1 is 1.24 bits per heavy atom. The number of guanidine groups is 1. The number of nitrogens with one attached hydrogen (secondary N) is 1. The van der Waals surface area contributed by atoms with Crippen LogP contribution in [0.25, 0.3) is 0 Å². The first kappa shape index (κ1) is 17.5. The molecule has 0 aliphatic rings. The van der Waals surface area contributed by atoms with Crippen LogP contribution in [0.5, 0.6) is 0 Å². The second-order valence-corrected chi connectivity index (χ2v) is 7.29. The summed E-state index contributed by atoms with van der Waals surface area (Å²) < 4.78 is 23.0. The Kier molecular flexibility index (Phi) is 7.22. The molecule has 0 unspecified atom stereocenters. The van der Waals surface area contributed by atoms with Crippen LogP contribution in [0.3, 0.4) is 0 Å². The van der Waals surface area contributed by atoms with Gasteiger partial charge in [0.1, 0.15) is 0 Å². The molecule has 0 atom stereocenters. The van der Waals surface area contributed by atoms with E-state index in [2.05, 4.69) is 22.4 Å². The van der Waals surface area contributed by atoms with Crippen LogP contribution in [0.4, 0.5) is 0 Å². The van der Waals surface area contributed by atoms with Crippen molar-refractivity contribution in [2.75, 3.05) is 31.6 Å². The van der Waals surface area contributed by atoms with Gasteiger partial charge in [-0.05, 0) is 12.5 Å². The highest BCUT2D eigenvalue weighted by Crippen LogP contribution is 2.03. The van der Waals surface area contributed by atoms with E-state index in [9.17, 15) is 8.42 Å². The van der Waals surface area contributed by atoms with Crippen molar-refractivity contribution < 1.29 is 8.42 Å². The summed E-state index contributed by atoms with van der Waals surface area (Å²) in [5, 5.41) is 3.19. The van der Waals surface area contributed by atoms with Crippen LogP contribution < -0.4 is 5.32 Å². The standard InChI is InChI=1S/C15H25N3O2S/c1-4-16-15(17-11-12-21(19,20)5-2)18(3)13-14-9-7-6-8-10-14/h6-10H,4-5,11-13H2,1-3H3,(H,16,17). The number of hydrogen-bond acceptors (Lipinski definition) is 3. The second kappa shape index (κ2) is 8.67. The lowest BCUT2D eigenvalue weighted by Gasteiger charge is -2.22. The van der Waals surface area contributed by atoms with Gasteiger partial charge in [0.25, 0.3) is 0 Å². The van der Waals surface area contributed by atoms with Gasteiger partial charge in [-0.1, -0.05) is 37.3 Å². The number of nitrogens with zero attached hydrogens (tertiary/aromatic N) is 2. The molecule has 1 rings (SSSR count). The summed E-state index contributed by atoms with van der Waals surface area (Å²) in [5.41, 5.74) is 1.19. The van der Waals surface area contributed by atoms with E-state index in [0.717, 1.165) is 19.0 Å². The van der Waals surface area contributed by atoms with Gasteiger partial charge in [0, 0.05) is 25.9 Å². The van der Waals surface area contributed by atoms with Crippen molar-refractivity contribution in [2.24, 2.45) is 4.99 Å². The Morgan fingerprint density at radius 2 is 1.90 bits per heavy atom. The Morgan fingerprint density at radius 3 is 2.48 bits per heavy atom. The lowest BCUT2D eigenvalue weighted by atomic mass is 10.2. The molecule has 5 nitrogen and oxygen atoms in total. The lowest BCUT2D eigenvalue weighted by Crippen LogP contribution is -2.38. The molecule has 0 aliphatic heterocycles. The topological polar surface area (TPSA) is 61.8 Å². The number of aliphatic imine (C=N–C) groups is 1. The van der Waals surface area contributed by atoms with E-state index < -0.39 is 9.84 Å². The van der Waals surface area contributed by atoms with Crippen LogP contribution in [0, 0.1) is 0 Å². The van der Waals surface area contributed by atoms with Crippen LogP contribution >= 0.6 is 0 Å². The summed E-state index contributed by atoms with van der Waals surface area (Å²) in [6.45, 7) is 5.42. The maximum atomic E-state index is 11.5. The molecule has 0 heterocycles. The Hall–Kier alpha value is -1.56. The van der Waals surface area contributed by atoms with Crippen LogP contribution in [-0.4, -0.2) is 50.9 Å². The molecule has 1 aromatic rings. The normalized spacial score (nSPS) is 12.2. The number of hydrogen-bond donors (Lipinski definition) is 1. The van der Waals surface area contributed by atoms with Gasteiger partial charge in [0.05, 0.1) is 12.3 Å². The maximum absolute atomic E-state index is 11.5. The van der Waals surface area contributed by atoms with Gasteiger partial charge in [-0.3, -0.25) is 4.99 Å². The van der Waals surface area contributed by atoms with Gasteiger partial charge in [-0.2, -0.15) is 0 Å². The van der Waals surface area contributed by atoms with Crippen molar-refractivity contribution in [3.05, 3.63) is 35.9 Å². The van der Waals surface area contributed by atoms with Crippen molar-refractivity contribution >= 4 is 15.8 Å². The van der Waals surface area contributed by atoms with Gasteiger partial charge in [-0.15, -0.1) is 0 Å². The zero-order valence-electron chi connectivity index (χ0n) is 13.0. The van der Waals surface area contributed by atoms with E-state index in [1.54, 1.807) is 6.92 Å². The predicted molar refractivity (Wildman–Crippen MR) is 88.2 cm³/mol. The average Bonchev–Trinajstić information content (AvgIpc) is 2.47. The minimum Gasteiger partial charge on any atom is -0.357 e. The summed E-state index contributed by atoms with van der Waals surface area (Å²) in [4.78, 5) is 6.39. The van der Waals surface area contributed by atoms with E-state index in [0.29, 0.717) is 0 Å². The predicted octanol–water partition coefficient (Wildman–Crippen LogP) is 1.52. The Bertz CT molecular complexity index is 541. The molecular weight excluding hydrogens is 286 g/mol. The van der Waals surface area contributed by atoms with Crippen LogP contribution in [0.1, 0.15) is 19.4 Å². The fourth-order valence-corrected chi connectivity index (χ4v) is 2.49. The zero-order chi connectivity index (χ0) is 15.7. The van der Waals surface area contributed by atoms with Crippen molar-refractivity contribution in [3.8, 4) is 0 Å². The molecule has 0 amide bonds. The molecular formula is C15H25N3O2S. The number of sulfone groups is 1. The summed E-state index contributed by atoms with van der Waals surface area (Å²) >= 11 is 0. The quantitative estimate of drug-likeness (QED) is 0.612. The molecule has 0 spiro atoms. The Labute approximate surface area is 128 Å². The van der Waals surface area contributed by atoms with E-state index in [-0.39, 0.29) is 18.1 Å². The van der Waals surface area contributed by atoms with E-state index in [1.807, 2.05) is 37.1 Å². The third kappa shape index (κ3) is 6.62. The summed E-state index contributed by atoms with van der Waals surface area (Å²) in [7, 11) is -1.02. The molecule has 0 saturated heterocycles. The van der Waals surface area contributed by atoms with Crippen LogP contribution in [-0.2, 0) is 16.4 Å². The summed E-state index contributed by atoms with van der Waals surface area (Å²) in [5.74, 6) is 0.990. The monoisotopic (exact) mass is 311 g/mol. The van der Waals surface area contributed by atoms with E-state index >= 15 is 0 Å². The smallest absolute Gasteiger partial charge is 0.193 e. The molecule has 0 bridgehead atoms. The Balaban J connectivity index is 2.67. The van der Waals surface area contributed by atoms with Gasteiger partial charge in [0.15, 0.2) is 15.8 Å². The maximum Gasteiger partial charge on any atom is 0.193 e. The van der Waals surface area contributed by atoms with Crippen LogP contribution in [0.15, 0.2) is 35.3 Å². The third-order valence-electron chi connectivity index (χ3n) is 3.06. The highest BCUT2D eigenvalue weighted by molar-refractivity contribution is 7.91. The van der Waals surface area contributed by atoms with E-state index in [1.165, 1.54) is 5.56 Å². The van der Waals surface area contributed by atoms with Gasteiger partial charge in [0.2, 0.25) is 0 Å².